The molecule has 19 heavy (non-hydrogen) atoms. The summed E-state index contributed by atoms with van der Waals surface area (Å²) in [5.74, 6) is -1.09. The molecule has 0 heterocycles. The van der Waals surface area contributed by atoms with Gasteiger partial charge in [0.15, 0.2) is 5.84 Å². The van der Waals surface area contributed by atoms with Crippen LogP contribution < -0.4 is 11.1 Å². The van der Waals surface area contributed by atoms with Gasteiger partial charge < -0.3 is 16.3 Å². The van der Waals surface area contributed by atoms with Gasteiger partial charge in [-0.15, -0.1) is 0 Å². The van der Waals surface area contributed by atoms with E-state index < -0.39 is 23.6 Å². The molecule has 1 unspecified atom stereocenters. The van der Waals surface area contributed by atoms with E-state index in [-0.39, 0.29) is 11.5 Å². The second kappa shape index (κ2) is 5.77. The predicted molar refractivity (Wildman–Crippen MR) is 62.5 cm³/mol. The Labute approximate surface area is 106 Å². The fourth-order valence-electron chi connectivity index (χ4n) is 1.45. The maximum absolute atomic E-state index is 13.4. The Kier molecular flexibility index (Phi) is 4.57. The van der Waals surface area contributed by atoms with Gasteiger partial charge in [0.05, 0.1) is 17.3 Å². The predicted octanol–water partition coefficient (Wildman–Crippen LogP) is 2.78. The highest BCUT2D eigenvalue weighted by Crippen LogP contribution is 2.32. The van der Waals surface area contributed by atoms with Crippen molar-refractivity contribution in [2.45, 2.75) is 25.6 Å². The van der Waals surface area contributed by atoms with Gasteiger partial charge in [-0.05, 0) is 24.6 Å². The molecule has 1 aromatic rings. The Bertz CT molecular complexity index is 473. The molecular weight excluding hydrogens is 266 g/mol. The van der Waals surface area contributed by atoms with Crippen LogP contribution in [0.3, 0.4) is 0 Å². The average molecular weight is 279 g/mol. The first-order valence-electron chi connectivity index (χ1n) is 5.40. The van der Waals surface area contributed by atoms with Gasteiger partial charge in [0, 0.05) is 0 Å². The second-order valence-electron chi connectivity index (χ2n) is 3.82. The number of benzene rings is 1. The lowest BCUT2D eigenvalue weighted by atomic mass is 10.1. The number of halogens is 4. The van der Waals surface area contributed by atoms with Crippen molar-refractivity contribution in [2.24, 2.45) is 10.9 Å². The molecule has 0 aliphatic heterocycles. The number of alkyl halides is 3. The molecule has 4 nitrogen and oxygen atoms in total. The zero-order valence-electron chi connectivity index (χ0n) is 10.0. The average Bonchev–Trinajstić information content (AvgIpc) is 2.35. The van der Waals surface area contributed by atoms with Crippen LogP contribution in [-0.2, 0) is 6.18 Å². The van der Waals surface area contributed by atoms with Crippen LogP contribution in [0.25, 0.3) is 0 Å². The van der Waals surface area contributed by atoms with Crippen LogP contribution >= 0.6 is 0 Å². The number of oxime groups is 1. The minimum atomic E-state index is -4.57. The highest BCUT2D eigenvalue weighted by molar-refractivity contribution is 5.87. The van der Waals surface area contributed by atoms with E-state index in [1.165, 1.54) is 0 Å². The van der Waals surface area contributed by atoms with Crippen LogP contribution in [0, 0.1) is 5.82 Å². The van der Waals surface area contributed by atoms with Crippen LogP contribution in [-0.4, -0.2) is 17.1 Å². The Hall–Kier alpha value is -1.99. The summed E-state index contributed by atoms with van der Waals surface area (Å²) in [6, 6.07) is 1.24. The molecule has 0 saturated heterocycles. The third-order valence-corrected chi connectivity index (χ3v) is 2.50. The zero-order chi connectivity index (χ0) is 14.6. The molecule has 0 saturated carbocycles. The van der Waals surface area contributed by atoms with Crippen molar-refractivity contribution in [1.82, 2.24) is 0 Å². The molecule has 0 spiro atoms. The van der Waals surface area contributed by atoms with Crippen molar-refractivity contribution in [3.63, 3.8) is 0 Å². The van der Waals surface area contributed by atoms with Gasteiger partial charge in [0.1, 0.15) is 5.82 Å². The number of anilines is 1. The molecule has 0 fully saturated rings. The third kappa shape index (κ3) is 3.73. The van der Waals surface area contributed by atoms with E-state index in [1.807, 2.05) is 0 Å². The van der Waals surface area contributed by atoms with Gasteiger partial charge in [-0.1, -0.05) is 12.1 Å². The monoisotopic (exact) mass is 279 g/mol. The molecule has 8 heteroatoms. The summed E-state index contributed by atoms with van der Waals surface area (Å²) in [5.41, 5.74) is 4.01. The summed E-state index contributed by atoms with van der Waals surface area (Å²) in [6.07, 6.45) is -4.26. The fourth-order valence-corrected chi connectivity index (χ4v) is 1.45. The van der Waals surface area contributed by atoms with Crippen LogP contribution in [0.4, 0.5) is 23.2 Å². The van der Waals surface area contributed by atoms with Crippen molar-refractivity contribution in [3.05, 3.63) is 29.6 Å². The molecule has 1 atom stereocenters. The first kappa shape index (κ1) is 15.1. The summed E-state index contributed by atoms with van der Waals surface area (Å²) >= 11 is 0. The van der Waals surface area contributed by atoms with Crippen molar-refractivity contribution in [2.75, 3.05) is 5.32 Å². The molecule has 0 bridgehead atoms. The standard InChI is InChI=1S/C11H13F4N3O/c1-2-8(10(16)18-19)17-9-5-6(11(13,14)15)3-4-7(9)12/h3-5,8,17,19H,2H2,1H3,(H2,16,18). The molecule has 0 aromatic heterocycles. The van der Waals surface area contributed by atoms with E-state index in [0.29, 0.717) is 24.6 Å². The zero-order valence-corrected chi connectivity index (χ0v) is 10.0. The smallest absolute Gasteiger partial charge is 0.409 e. The lowest BCUT2D eigenvalue weighted by molar-refractivity contribution is -0.137. The minimum absolute atomic E-state index is 0.237. The SMILES string of the molecule is CCC(Nc1cc(C(F)(F)F)ccc1F)C(N)=NO. The molecule has 0 amide bonds. The molecule has 106 valence electrons. The molecule has 0 aliphatic rings. The van der Waals surface area contributed by atoms with Gasteiger partial charge in [-0.3, -0.25) is 0 Å². The number of nitrogens with zero attached hydrogens (tertiary/aromatic N) is 1. The first-order valence-corrected chi connectivity index (χ1v) is 5.40. The third-order valence-electron chi connectivity index (χ3n) is 2.50. The summed E-state index contributed by atoms with van der Waals surface area (Å²) in [6.45, 7) is 1.65. The number of hydrogen-bond acceptors (Lipinski definition) is 3. The highest BCUT2D eigenvalue weighted by atomic mass is 19.4. The number of hydrogen-bond donors (Lipinski definition) is 3. The summed E-state index contributed by atoms with van der Waals surface area (Å²) < 4.78 is 51.0. The van der Waals surface area contributed by atoms with E-state index in [0.717, 1.165) is 0 Å². The van der Waals surface area contributed by atoms with Crippen LogP contribution in [0.15, 0.2) is 23.4 Å². The normalized spacial score (nSPS) is 14.3. The number of amidine groups is 1. The van der Waals surface area contributed by atoms with E-state index in [4.69, 9.17) is 10.9 Å². The Morgan fingerprint density at radius 3 is 2.58 bits per heavy atom. The van der Waals surface area contributed by atoms with E-state index in [1.54, 1.807) is 6.92 Å². The first-order chi connectivity index (χ1) is 8.79. The number of nitrogens with one attached hydrogen (secondary N) is 1. The summed E-state index contributed by atoms with van der Waals surface area (Å²) in [7, 11) is 0. The molecular formula is C11H13F4N3O. The Balaban J connectivity index is 3.06. The molecule has 4 N–H and O–H groups in total. The van der Waals surface area contributed by atoms with Crippen molar-refractivity contribution in [1.29, 1.82) is 0 Å². The second-order valence-corrected chi connectivity index (χ2v) is 3.82. The molecule has 0 aliphatic carbocycles. The summed E-state index contributed by atoms with van der Waals surface area (Å²) in [5, 5.41) is 13.7. The van der Waals surface area contributed by atoms with E-state index in [2.05, 4.69) is 10.5 Å². The lowest BCUT2D eigenvalue weighted by Crippen LogP contribution is -2.35. The minimum Gasteiger partial charge on any atom is -0.409 e. The molecule has 1 aromatic carbocycles. The van der Waals surface area contributed by atoms with Crippen molar-refractivity contribution >= 4 is 11.5 Å². The molecule has 0 radical (unpaired) electrons. The Morgan fingerprint density at radius 1 is 1.47 bits per heavy atom. The lowest BCUT2D eigenvalue weighted by Gasteiger charge is -2.18. The maximum atomic E-state index is 13.4. The van der Waals surface area contributed by atoms with Gasteiger partial charge in [-0.2, -0.15) is 13.2 Å². The van der Waals surface area contributed by atoms with E-state index in [9.17, 15) is 17.6 Å². The van der Waals surface area contributed by atoms with Gasteiger partial charge in [0.25, 0.3) is 0 Å². The Morgan fingerprint density at radius 2 is 2.11 bits per heavy atom. The highest BCUT2D eigenvalue weighted by Gasteiger charge is 2.31. The summed E-state index contributed by atoms with van der Waals surface area (Å²) in [4.78, 5) is 0. The van der Waals surface area contributed by atoms with Crippen LogP contribution in [0.2, 0.25) is 0 Å². The van der Waals surface area contributed by atoms with Crippen molar-refractivity contribution in [3.8, 4) is 0 Å². The van der Waals surface area contributed by atoms with Gasteiger partial charge in [-0.25, -0.2) is 4.39 Å². The largest absolute Gasteiger partial charge is 0.416 e. The van der Waals surface area contributed by atoms with Gasteiger partial charge >= 0.3 is 6.18 Å². The molecule has 1 rings (SSSR count). The number of rotatable bonds is 4. The van der Waals surface area contributed by atoms with Crippen molar-refractivity contribution < 1.29 is 22.8 Å². The fraction of sp³-hybridized carbons (Fsp3) is 0.364. The number of nitrogens with two attached hydrogens (primary N) is 1. The van der Waals surface area contributed by atoms with E-state index >= 15 is 0 Å². The van der Waals surface area contributed by atoms with Crippen LogP contribution in [0.1, 0.15) is 18.9 Å². The maximum Gasteiger partial charge on any atom is 0.416 e. The quantitative estimate of drug-likeness (QED) is 0.261. The topological polar surface area (TPSA) is 70.6 Å². The van der Waals surface area contributed by atoms with Gasteiger partial charge in [0.2, 0.25) is 0 Å². The van der Waals surface area contributed by atoms with Crippen LogP contribution in [0.5, 0.6) is 0 Å².